The number of carbonyl (C=O) groups excluding carboxylic acids is 1. The Morgan fingerprint density at radius 2 is 2.17 bits per heavy atom. The molecule has 2 rings (SSSR count). The molecule has 1 aliphatic heterocycles. The molecule has 0 aromatic heterocycles. The second kappa shape index (κ2) is 10.5. The maximum absolute atomic E-state index is 11.8. The number of aryl methyl sites for hydroxylation is 1. The van der Waals surface area contributed by atoms with Gasteiger partial charge in [-0.25, -0.2) is 4.99 Å². The zero-order valence-electron chi connectivity index (χ0n) is 14.8. The Morgan fingerprint density at radius 3 is 2.83 bits per heavy atom. The Labute approximate surface area is 162 Å². The smallest absolute Gasteiger partial charge is 0.222 e. The maximum Gasteiger partial charge on any atom is 0.222 e. The largest absolute Gasteiger partial charge is 0.357 e. The molecule has 0 bridgehead atoms. The van der Waals surface area contributed by atoms with Crippen molar-refractivity contribution < 1.29 is 4.79 Å². The number of nitrogens with zero attached hydrogens (tertiary/aromatic N) is 2. The molecular formula is C18H29IN4O. The van der Waals surface area contributed by atoms with E-state index in [9.17, 15) is 4.79 Å². The number of halogens is 1. The van der Waals surface area contributed by atoms with Crippen molar-refractivity contribution in [2.45, 2.75) is 46.2 Å². The lowest BCUT2D eigenvalue weighted by Gasteiger charge is -2.18. The number of benzene rings is 1. The van der Waals surface area contributed by atoms with E-state index in [2.05, 4.69) is 53.7 Å². The minimum absolute atomic E-state index is 0. The normalized spacial score (nSPS) is 17.4. The van der Waals surface area contributed by atoms with Crippen molar-refractivity contribution in [3.63, 3.8) is 0 Å². The Morgan fingerprint density at radius 1 is 1.38 bits per heavy atom. The van der Waals surface area contributed by atoms with Crippen molar-refractivity contribution in [2.75, 3.05) is 19.6 Å². The lowest BCUT2D eigenvalue weighted by molar-refractivity contribution is -0.129. The summed E-state index contributed by atoms with van der Waals surface area (Å²) < 4.78 is 0. The van der Waals surface area contributed by atoms with Gasteiger partial charge in [0, 0.05) is 32.1 Å². The molecule has 134 valence electrons. The minimum atomic E-state index is 0. The van der Waals surface area contributed by atoms with Gasteiger partial charge in [0.2, 0.25) is 5.91 Å². The molecule has 5 nitrogen and oxygen atoms in total. The van der Waals surface area contributed by atoms with Gasteiger partial charge in [0.15, 0.2) is 5.96 Å². The van der Waals surface area contributed by atoms with Crippen LogP contribution in [0, 0.1) is 6.92 Å². The number of hydrogen-bond acceptors (Lipinski definition) is 2. The monoisotopic (exact) mass is 444 g/mol. The number of guanidine groups is 1. The highest BCUT2D eigenvalue weighted by Gasteiger charge is 2.25. The van der Waals surface area contributed by atoms with Crippen molar-refractivity contribution in [2.24, 2.45) is 4.99 Å². The lowest BCUT2D eigenvalue weighted by Crippen LogP contribution is -2.45. The van der Waals surface area contributed by atoms with Crippen molar-refractivity contribution in [1.29, 1.82) is 0 Å². The molecule has 2 N–H and O–H groups in total. The Bertz CT molecular complexity index is 562. The number of nitrogens with one attached hydrogen (secondary N) is 2. The van der Waals surface area contributed by atoms with Gasteiger partial charge in [-0.15, -0.1) is 24.0 Å². The average molecular weight is 444 g/mol. The molecule has 1 heterocycles. The second-order valence-corrected chi connectivity index (χ2v) is 6.01. The molecule has 0 aliphatic carbocycles. The van der Waals surface area contributed by atoms with E-state index in [0.717, 1.165) is 32.0 Å². The topological polar surface area (TPSA) is 56.7 Å². The second-order valence-electron chi connectivity index (χ2n) is 6.01. The first-order valence-corrected chi connectivity index (χ1v) is 8.50. The summed E-state index contributed by atoms with van der Waals surface area (Å²) in [6.07, 6.45) is 1.55. The van der Waals surface area contributed by atoms with Crippen LogP contribution in [-0.4, -0.2) is 42.4 Å². The van der Waals surface area contributed by atoms with E-state index in [0.29, 0.717) is 13.0 Å². The van der Waals surface area contributed by atoms with Gasteiger partial charge in [0.25, 0.3) is 0 Å². The predicted octanol–water partition coefficient (Wildman–Crippen LogP) is 2.68. The van der Waals surface area contributed by atoms with Crippen molar-refractivity contribution in [1.82, 2.24) is 15.5 Å². The molecular weight excluding hydrogens is 415 g/mol. The SMILES string of the molecule is CCNC(=NCc1cccc(C)c1)NC1CCN(C(=O)CC)C1.I. The number of rotatable bonds is 5. The summed E-state index contributed by atoms with van der Waals surface area (Å²) in [5.74, 6) is 1.06. The fourth-order valence-corrected chi connectivity index (χ4v) is 2.82. The molecule has 1 aliphatic rings. The molecule has 6 heteroatoms. The van der Waals surface area contributed by atoms with Crippen molar-refractivity contribution in [3.05, 3.63) is 35.4 Å². The molecule has 24 heavy (non-hydrogen) atoms. The molecule has 0 radical (unpaired) electrons. The number of amides is 1. The van der Waals surface area contributed by atoms with Gasteiger partial charge in [0.1, 0.15) is 0 Å². The number of carbonyl (C=O) groups is 1. The molecule has 1 fully saturated rings. The Kier molecular flexibility index (Phi) is 9.10. The zero-order valence-corrected chi connectivity index (χ0v) is 17.2. The van der Waals surface area contributed by atoms with Crippen LogP contribution in [0.4, 0.5) is 0 Å². The molecule has 0 spiro atoms. The van der Waals surface area contributed by atoms with E-state index < -0.39 is 0 Å². The molecule has 1 atom stereocenters. The van der Waals surface area contributed by atoms with Gasteiger partial charge >= 0.3 is 0 Å². The van der Waals surface area contributed by atoms with Crippen LogP contribution in [0.3, 0.4) is 0 Å². The van der Waals surface area contributed by atoms with E-state index in [-0.39, 0.29) is 35.9 Å². The fraction of sp³-hybridized carbons (Fsp3) is 0.556. The highest BCUT2D eigenvalue weighted by atomic mass is 127. The van der Waals surface area contributed by atoms with Gasteiger partial charge in [-0.05, 0) is 25.8 Å². The highest BCUT2D eigenvalue weighted by molar-refractivity contribution is 14.0. The summed E-state index contributed by atoms with van der Waals surface area (Å²) in [7, 11) is 0. The van der Waals surface area contributed by atoms with Crippen LogP contribution in [0.5, 0.6) is 0 Å². The predicted molar refractivity (Wildman–Crippen MR) is 110 cm³/mol. The van der Waals surface area contributed by atoms with Gasteiger partial charge < -0.3 is 15.5 Å². The Hall–Kier alpha value is -1.31. The van der Waals surface area contributed by atoms with E-state index in [1.54, 1.807) is 0 Å². The van der Waals surface area contributed by atoms with Crippen LogP contribution in [-0.2, 0) is 11.3 Å². The number of aliphatic imine (C=N–C) groups is 1. The highest BCUT2D eigenvalue weighted by Crippen LogP contribution is 2.10. The summed E-state index contributed by atoms with van der Waals surface area (Å²) in [6.45, 7) is 9.14. The third-order valence-electron chi connectivity index (χ3n) is 4.03. The molecule has 1 amide bonds. The third kappa shape index (κ3) is 6.30. The first-order valence-electron chi connectivity index (χ1n) is 8.50. The summed E-state index contributed by atoms with van der Waals surface area (Å²) in [4.78, 5) is 18.4. The van der Waals surface area contributed by atoms with E-state index in [1.807, 2.05) is 11.8 Å². The van der Waals surface area contributed by atoms with E-state index in [1.165, 1.54) is 11.1 Å². The summed E-state index contributed by atoms with van der Waals surface area (Å²) in [5.41, 5.74) is 2.46. The van der Waals surface area contributed by atoms with Gasteiger partial charge in [-0.2, -0.15) is 0 Å². The molecule has 1 aromatic rings. The first-order chi connectivity index (χ1) is 11.1. The van der Waals surface area contributed by atoms with Gasteiger partial charge in [-0.3, -0.25) is 4.79 Å². The summed E-state index contributed by atoms with van der Waals surface area (Å²) in [6, 6.07) is 8.68. The van der Waals surface area contributed by atoms with Crippen LogP contribution < -0.4 is 10.6 Å². The van der Waals surface area contributed by atoms with Crippen molar-refractivity contribution >= 4 is 35.8 Å². The summed E-state index contributed by atoms with van der Waals surface area (Å²) in [5, 5.41) is 6.74. The van der Waals surface area contributed by atoms with Crippen molar-refractivity contribution in [3.8, 4) is 0 Å². The van der Waals surface area contributed by atoms with Crippen LogP contribution in [0.15, 0.2) is 29.3 Å². The molecule has 1 unspecified atom stereocenters. The maximum atomic E-state index is 11.8. The van der Waals surface area contributed by atoms with Gasteiger partial charge in [-0.1, -0.05) is 36.8 Å². The van der Waals surface area contributed by atoms with Crippen LogP contribution in [0.25, 0.3) is 0 Å². The molecule has 1 saturated heterocycles. The zero-order chi connectivity index (χ0) is 16.7. The van der Waals surface area contributed by atoms with Crippen LogP contribution in [0.2, 0.25) is 0 Å². The number of likely N-dealkylation sites (tertiary alicyclic amines) is 1. The average Bonchev–Trinajstić information content (AvgIpc) is 3.01. The third-order valence-corrected chi connectivity index (χ3v) is 4.03. The van der Waals surface area contributed by atoms with Gasteiger partial charge in [0.05, 0.1) is 6.54 Å². The molecule has 0 saturated carbocycles. The van der Waals surface area contributed by atoms with E-state index >= 15 is 0 Å². The Balaban J connectivity index is 0.00000288. The molecule has 1 aromatic carbocycles. The first kappa shape index (κ1) is 20.7. The summed E-state index contributed by atoms with van der Waals surface area (Å²) >= 11 is 0. The fourth-order valence-electron chi connectivity index (χ4n) is 2.82. The van der Waals surface area contributed by atoms with E-state index in [4.69, 9.17) is 0 Å². The quantitative estimate of drug-likeness (QED) is 0.417. The number of hydrogen-bond donors (Lipinski definition) is 2. The standard InChI is InChI=1S/C18H28N4O.HI/c1-4-17(23)22-10-9-16(13-22)21-18(19-5-2)20-12-15-8-6-7-14(3)11-15;/h6-8,11,16H,4-5,9-10,12-13H2,1-3H3,(H2,19,20,21);1H. The van der Waals surface area contributed by atoms with Crippen LogP contribution in [0.1, 0.15) is 37.8 Å². The lowest BCUT2D eigenvalue weighted by atomic mass is 10.1. The minimum Gasteiger partial charge on any atom is -0.357 e. The van der Waals surface area contributed by atoms with Crippen LogP contribution >= 0.6 is 24.0 Å².